The molecule has 2 heterocycles. The Hall–Kier alpha value is -1.62. The van der Waals surface area contributed by atoms with E-state index in [0.29, 0.717) is 6.54 Å². The van der Waals surface area contributed by atoms with Crippen LogP contribution in [0, 0.1) is 0 Å². The van der Waals surface area contributed by atoms with Gasteiger partial charge in [0.05, 0.1) is 19.3 Å². The molecule has 1 fully saturated rings. The normalized spacial score (nSPS) is 19.0. The van der Waals surface area contributed by atoms with Crippen LogP contribution in [0.5, 0.6) is 5.88 Å². The smallest absolute Gasteiger partial charge is 0.407 e. The number of primary sulfonamides is 1. The van der Waals surface area contributed by atoms with Crippen LogP contribution >= 0.6 is 11.6 Å². The zero-order valence-corrected chi connectivity index (χ0v) is 12.9. The molecule has 1 aliphatic rings. The van der Waals surface area contributed by atoms with Gasteiger partial charge in [-0.2, -0.15) is 0 Å². The van der Waals surface area contributed by atoms with Gasteiger partial charge < -0.3 is 19.5 Å². The van der Waals surface area contributed by atoms with E-state index in [1.54, 1.807) is 0 Å². The molecule has 0 aromatic carbocycles. The highest BCUT2D eigenvalue weighted by Gasteiger charge is 2.24. The number of ether oxygens (including phenoxy) is 2. The maximum Gasteiger partial charge on any atom is 0.407 e. The summed E-state index contributed by atoms with van der Waals surface area (Å²) in [5.41, 5.74) is 0. The maximum atomic E-state index is 11.2. The molecule has 1 saturated heterocycles. The van der Waals surface area contributed by atoms with E-state index in [9.17, 15) is 13.2 Å². The Kier molecular flexibility index (Phi) is 5.06. The lowest BCUT2D eigenvalue weighted by Gasteiger charge is -2.30. The lowest BCUT2D eigenvalue weighted by atomic mass is 10.3. The molecule has 1 aliphatic heterocycles. The number of hydrogen-bond acceptors (Lipinski definition) is 6. The first kappa shape index (κ1) is 16.7. The van der Waals surface area contributed by atoms with Gasteiger partial charge in [-0.05, 0) is 6.07 Å². The van der Waals surface area contributed by atoms with Gasteiger partial charge in [0.15, 0.2) is 0 Å². The van der Waals surface area contributed by atoms with E-state index < -0.39 is 22.2 Å². The van der Waals surface area contributed by atoms with Crippen molar-refractivity contribution in [2.75, 3.05) is 26.3 Å². The minimum absolute atomic E-state index is 0.0163. The highest BCUT2D eigenvalue weighted by atomic mass is 35.5. The van der Waals surface area contributed by atoms with Crippen LogP contribution in [0.1, 0.15) is 0 Å². The standard InChI is InChI=1S/C11H14ClN3O6S/c12-9-3-8(22(13,18)19)4-14-10(9)21-6-7-5-15(11(16)17)1-2-20-7/h3-4,7H,1-2,5-6H2,(H,16,17)(H2,13,18,19). The summed E-state index contributed by atoms with van der Waals surface area (Å²) in [7, 11) is -3.89. The minimum atomic E-state index is -3.89. The molecule has 1 aromatic rings. The van der Waals surface area contributed by atoms with Crippen LogP contribution in [0.25, 0.3) is 0 Å². The third-order valence-electron chi connectivity index (χ3n) is 2.93. The second kappa shape index (κ2) is 6.65. The van der Waals surface area contributed by atoms with E-state index in [0.717, 1.165) is 12.3 Å². The molecule has 1 amide bonds. The summed E-state index contributed by atoms with van der Waals surface area (Å²) in [5.74, 6) is 0.0186. The van der Waals surface area contributed by atoms with Crippen LogP contribution < -0.4 is 9.88 Å². The van der Waals surface area contributed by atoms with Crippen LogP contribution in [0.3, 0.4) is 0 Å². The summed E-state index contributed by atoms with van der Waals surface area (Å²) < 4.78 is 33.0. The number of pyridine rings is 1. The van der Waals surface area contributed by atoms with E-state index in [2.05, 4.69) is 4.98 Å². The Bertz CT molecular complexity index is 668. The zero-order chi connectivity index (χ0) is 16.3. The second-order valence-corrected chi connectivity index (χ2v) is 6.50. The molecule has 0 saturated carbocycles. The second-order valence-electron chi connectivity index (χ2n) is 4.54. The average molecular weight is 352 g/mol. The number of aromatic nitrogens is 1. The van der Waals surface area contributed by atoms with Crippen molar-refractivity contribution in [1.29, 1.82) is 0 Å². The van der Waals surface area contributed by atoms with E-state index in [1.807, 2.05) is 0 Å². The highest BCUT2D eigenvalue weighted by Crippen LogP contribution is 2.24. The van der Waals surface area contributed by atoms with Crippen LogP contribution in [0.15, 0.2) is 17.2 Å². The Morgan fingerprint density at radius 1 is 1.64 bits per heavy atom. The molecule has 9 nitrogen and oxygen atoms in total. The van der Waals surface area contributed by atoms with Gasteiger partial charge >= 0.3 is 6.09 Å². The monoisotopic (exact) mass is 351 g/mol. The number of rotatable bonds is 4. The van der Waals surface area contributed by atoms with Crippen LogP contribution in [0.2, 0.25) is 5.02 Å². The van der Waals surface area contributed by atoms with Gasteiger partial charge in [-0.3, -0.25) is 0 Å². The van der Waals surface area contributed by atoms with Crippen LogP contribution in [-0.2, 0) is 14.8 Å². The van der Waals surface area contributed by atoms with E-state index in [1.165, 1.54) is 4.90 Å². The lowest BCUT2D eigenvalue weighted by molar-refractivity contribution is -0.0418. The summed E-state index contributed by atoms with van der Waals surface area (Å²) in [4.78, 5) is 15.7. The van der Waals surface area contributed by atoms with Gasteiger partial charge in [-0.15, -0.1) is 0 Å². The summed E-state index contributed by atoms with van der Waals surface area (Å²) in [6.07, 6.45) is -0.454. The van der Waals surface area contributed by atoms with Crippen LogP contribution in [0.4, 0.5) is 4.79 Å². The zero-order valence-electron chi connectivity index (χ0n) is 11.3. The Labute approximate surface area is 131 Å². The fraction of sp³-hybridized carbons (Fsp3) is 0.455. The molecular weight excluding hydrogens is 338 g/mol. The molecule has 22 heavy (non-hydrogen) atoms. The first-order valence-electron chi connectivity index (χ1n) is 6.18. The third-order valence-corrected chi connectivity index (χ3v) is 4.08. The minimum Gasteiger partial charge on any atom is -0.474 e. The number of nitrogens with two attached hydrogens (primary N) is 1. The third kappa shape index (κ3) is 4.19. The van der Waals surface area contributed by atoms with Crippen LogP contribution in [-0.4, -0.2) is 61.9 Å². The first-order chi connectivity index (χ1) is 10.3. The number of nitrogens with zero attached hydrogens (tertiary/aromatic N) is 2. The van der Waals surface area contributed by atoms with Gasteiger partial charge in [0.2, 0.25) is 15.9 Å². The summed E-state index contributed by atoms with van der Waals surface area (Å²) in [5, 5.41) is 13.9. The SMILES string of the molecule is NS(=O)(=O)c1cnc(OCC2CN(C(=O)O)CCO2)c(Cl)c1. The van der Waals surface area contributed by atoms with Crippen molar-refractivity contribution in [3.8, 4) is 5.88 Å². The molecule has 0 bridgehead atoms. The largest absolute Gasteiger partial charge is 0.474 e. The number of hydrogen-bond donors (Lipinski definition) is 2. The van der Waals surface area contributed by atoms with Crippen molar-refractivity contribution in [3.05, 3.63) is 17.3 Å². The predicted molar refractivity (Wildman–Crippen MR) is 75.5 cm³/mol. The van der Waals surface area contributed by atoms with Gasteiger partial charge in [0, 0.05) is 6.54 Å². The Morgan fingerprint density at radius 3 is 2.95 bits per heavy atom. The maximum absolute atomic E-state index is 11.2. The molecule has 122 valence electrons. The lowest BCUT2D eigenvalue weighted by Crippen LogP contribution is -2.47. The molecular formula is C11H14ClN3O6S. The molecule has 11 heteroatoms. The van der Waals surface area contributed by atoms with E-state index >= 15 is 0 Å². The molecule has 1 unspecified atom stereocenters. The van der Waals surface area contributed by atoms with Crippen molar-refractivity contribution in [2.24, 2.45) is 5.14 Å². The molecule has 0 aliphatic carbocycles. The number of carbonyl (C=O) groups is 1. The Morgan fingerprint density at radius 2 is 2.36 bits per heavy atom. The van der Waals surface area contributed by atoms with E-state index in [-0.39, 0.29) is 35.6 Å². The summed E-state index contributed by atoms with van der Waals surface area (Å²) in [6, 6.07) is 1.13. The number of carboxylic acid groups (broad SMARTS) is 1. The summed E-state index contributed by atoms with van der Waals surface area (Å²) >= 11 is 5.88. The highest BCUT2D eigenvalue weighted by molar-refractivity contribution is 7.89. The molecule has 3 N–H and O–H groups in total. The van der Waals surface area contributed by atoms with Crippen molar-refractivity contribution < 1.29 is 27.8 Å². The van der Waals surface area contributed by atoms with E-state index in [4.69, 9.17) is 31.3 Å². The topological polar surface area (TPSA) is 132 Å². The molecule has 2 rings (SSSR count). The fourth-order valence-corrected chi connectivity index (χ4v) is 2.60. The van der Waals surface area contributed by atoms with Crippen molar-refractivity contribution in [1.82, 2.24) is 9.88 Å². The van der Waals surface area contributed by atoms with Crippen molar-refractivity contribution >= 4 is 27.7 Å². The molecule has 0 spiro atoms. The van der Waals surface area contributed by atoms with Crippen molar-refractivity contribution in [2.45, 2.75) is 11.0 Å². The predicted octanol–water partition coefficient (Wildman–Crippen LogP) is 0.140. The molecule has 1 atom stereocenters. The Balaban J connectivity index is 1.98. The number of halogens is 1. The number of morpholine rings is 1. The molecule has 0 radical (unpaired) electrons. The summed E-state index contributed by atoms with van der Waals surface area (Å²) in [6.45, 7) is 0.771. The first-order valence-corrected chi connectivity index (χ1v) is 8.10. The van der Waals surface area contributed by atoms with Gasteiger partial charge in [-0.1, -0.05) is 11.6 Å². The van der Waals surface area contributed by atoms with Crippen molar-refractivity contribution in [3.63, 3.8) is 0 Å². The number of sulfonamides is 1. The average Bonchev–Trinajstić information content (AvgIpc) is 2.45. The number of amides is 1. The fourth-order valence-electron chi connectivity index (χ4n) is 1.84. The molecule has 1 aromatic heterocycles. The van der Waals surface area contributed by atoms with Gasteiger partial charge in [0.1, 0.15) is 22.6 Å². The van der Waals surface area contributed by atoms with Gasteiger partial charge in [-0.25, -0.2) is 23.3 Å². The quantitative estimate of drug-likeness (QED) is 0.788. The van der Waals surface area contributed by atoms with Gasteiger partial charge in [0.25, 0.3) is 0 Å².